The Morgan fingerprint density at radius 2 is 1.67 bits per heavy atom. The highest BCUT2D eigenvalue weighted by Gasteiger charge is 2.54. The quantitative estimate of drug-likeness (QED) is 0.181. The van der Waals surface area contributed by atoms with Crippen LogP contribution >= 0.6 is 23.5 Å². The average molecular weight is 619 g/mol. The number of β-lactam (4-membered cyclic amide) rings is 1. The van der Waals surface area contributed by atoms with Gasteiger partial charge in [-0.15, -0.1) is 23.5 Å². The summed E-state index contributed by atoms with van der Waals surface area (Å²) in [5.74, 6) is 1.51. The Balaban J connectivity index is 1.34. The van der Waals surface area contributed by atoms with Crippen molar-refractivity contribution in [3.8, 4) is 11.5 Å². The Morgan fingerprint density at radius 3 is 2.33 bits per heavy atom. The topological polar surface area (TPSA) is 94.2 Å². The van der Waals surface area contributed by atoms with Crippen LogP contribution in [0.1, 0.15) is 22.3 Å². The van der Waals surface area contributed by atoms with Gasteiger partial charge in [-0.3, -0.25) is 14.5 Å². The van der Waals surface area contributed by atoms with Gasteiger partial charge in [0.05, 0.1) is 20.6 Å². The molecule has 2 aliphatic heterocycles. The molecule has 0 saturated carbocycles. The maximum absolute atomic E-state index is 13.6. The number of carbonyl (C=O) groups excluding carboxylic acids is 3. The first kappa shape index (κ1) is 30.6. The largest absolute Gasteiger partial charge is 0.497 e. The maximum atomic E-state index is 13.6. The molecule has 224 valence electrons. The van der Waals surface area contributed by atoms with E-state index in [0.29, 0.717) is 17.3 Å². The van der Waals surface area contributed by atoms with E-state index in [1.54, 1.807) is 49.9 Å². The number of fused-ring (bicyclic) bond motifs is 1. The van der Waals surface area contributed by atoms with Crippen molar-refractivity contribution in [3.63, 3.8) is 0 Å². The van der Waals surface area contributed by atoms with Crippen molar-refractivity contribution >= 4 is 41.3 Å². The highest BCUT2D eigenvalue weighted by molar-refractivity contribution is 8.01. The normalized spacial score (nSPS) is 17.6. The molecule has 0 radical (unpaired) electrons. The van der Waals surface area contributed by atoms with Crippen molar-refractivity contribution in [2.45, 2.75) is 43.2 Å². The van der Waals surface area contributed by atoms with E-state index in [-0.39, 0.29) is 35.9 Å². The molecular weight excluding hydrogens is 585 g/mol. The van der Waals surface area contributed by atoms with E-state index in [0.717, 1.165) is 38.5 Å². The highest BCUT2D eigenvalue weighted by atomic mass is 32.2. The fourth-order valence-corrected chi connectivity index (χ4v) is 7.79. The summed E-state index contributed by atoms with van der Waals surface area (Å²) in [6, 6.07) is 20.1. The third kappa shape index (κ3) is 6.86. The van der Waals surface area contributed by atoms with E-state index in [2.05, 4.69) is 17.4 Å². The lowest BCUT2D eigenvalue weighted by atomic mass is 10.0. The van der Waals surface area contributed by atoms with Gasteiger partial charge in [-0.2, -0.15) is 0 Å². The van der Waals surface area contributed by atoms with Crippen molar-refractivity contribution < 1.29 is 28.6 Å². The molecule has 0 unspecified atom stereocenters. The Bertz CT molecular complexity index is 1520. The van der Waals surface area contributed by atoms with Gasteiger partial charge >= 0.3 is 5.97 Å². The molecule has 0 bridgehead atoms. The number of ether oxygens (including phenoxy) is 3. The van der Waals surface area contributed by atoms with Crippen LogP contribution in [-0.2, 0) is 32.1 Å². The molecule has 8 nitrogen and oxygen atoms in total. The molecule has 10 heteroatoms. The second-order valence-corrected chi connectivity index (χ2v) is 12.5. The summed E-state index contributed by atoms with van der Waals surface area (Å²) in [4.78, 5) is 42.3. The Labute approximate surface area is 260 Å². The Hall–Kier alpha value is -3.89. The lowest BCUT2D eigenvalue weighted by Gasteiger charge is -2.49. The summed E-state index contributed by atoms with van der Waals surface area (Å²) in [5, 5.41) is 2.50. The standard InChI is InChI=1S/C33H34N2O6S2/c1-20-14-26(15-21(2)30(20)40-4)42-18-24-19-43-32-28(34-27(36)16-22-8-6-5-7-9-22)31(37)35(32)29(24)33(38)41-17-23-10-12-25(39-3)13-11-23/h5-15,28,32H,16-19H2,1-4H3,(H,34,36)/t28-,32-/m1/s1. The molecule has 0 aromatic heterocycles. The van der Waals surface area contributed by atoms with Crippen LogP contribution in [0.25, 0.3) is 0 Å². The van der Waals surface area contributed by atoms with Gasteiger partial charge in [-0.25, -0.2) is 4.79 Å². The van der Waals surface area contributed by atoms with Gasteiger partial charge in [0.2, 0.25) is 5.91 Å². The average Bonchev–Trinajstić information content (AvgIpc) is 3.01. The first-order valence-corrected chi connectivity index (χ1v) is 15.9. The molecule has 2 aliphatic rings. The van der Waals surface area contributed by atoms with Crippen molar-refractivity contribution in [2.24, 2.45) is 0 Å². The second-order valence-electron chi connectivity index (χ2n) is 10.4. The third-order valence-corrected chi connectivity index (χ3v) is 9.75. The molecule has 5 rings (SSSR count). The monoisotopic (exact) mass is 618 g/mol. The van der Waals surface area contributed by atoms with Crippen LogP contribution in [0.4, 0.5) is 0 Å². The molecular formula is C33H34N2O6S2. The zero-order chi connectivity index (χ0) is 30.5. The smallest absolute Gasteiger partial charge is 0.355 e. The third-order valence-electron chi connectivity index (χ3n) is 7.34. The Morgan fingerprint density at radius 1 is 0.977 bits per heavy atom. The summed E-state index contributed by atoms with van der Waals surface area (Å²) in [6.45, 7) is 4.06. The molecule has 0 spiro atoms. The van der Waals surface area contributed by atoms with Gasteiger partial charge in [0.15, 0.2) is 0 Å². The molecule has 3 aromatic carbocycles. The number of carbonyl (C=O) groups is 3. The first-order chi connectivity index (χ1) is 20.8. The fourth-order valence-electron chi connectivity index (χ4n) is 5.21. The Kier molecular flexibility index (Phi) is 9.67. The second kappa shape index (κ2) is 13.6. The van der Waals surface area contributed by atoms with Crippen molar-refractivity contribution in [1.29, 1.82) is 0 Å². The number of nitrogens with zero attached hydrogens (tertiary/aromatic N) is 1. The van der Waals surface area contributed by atoms with Crippen LogP contribution in [-0.4, -0.2) is 59.8 Å². The summed E-state index contributed by atoms with van der Waals surface area (Å²) in [7, 11) is 3.25. The van der Waals surface area contributed by atoms with E-state index < -0.39 is 12.0 Å². The highest BCUT2D eigenvalue weighted by Crippen LogP contribution is 2.42. The predicted octanol–water partition coefficient (Wildman–Crippen LogP) is 5.05. The summed E-state index contributed by atoms with van der Waals surface area (Å²) in [5.41, 5.74) is 4.82. The van der Waals surface area contributed by atoms with Crippen LogP contribution in [0.2, 0.25) is 0 Å². The summed E-state index contributed by atoms with van der Waals surface area (Å²) >= 11 is 3.15. The minimum absolute atomic E-state index is 0.0562. The van der Waals surface area contributed by atoms with E-state index in [4.69, 9.17) is 14.2 Å². The summed E-state index contributed by atoms with van der Waals surface area (Å²) < 4.78 is 16.4. The van der Waals surface area contributed by atoms with Crippen LogP contribution in [0.15, 0.2) is 82.9 Å². The minimum atomic E-state index is -0.702. The number of benzene rings is 3. The van der Waals surface area contributed by atoms with Gasteiger partial charge in [-0.1, -0.05) is 42.5 Å². The number of nitrogens with one attached hydrogen (secondary N) is 1. The molecule has 1 saturated heterocycles. The molecule has 1 N–H and O–H groups in total. The van der Waals surface area contributed by atoms with E-state index >= 15 is 0 Å². The number of esters is 1. The van der Waals surface area contributed by atoms with Gasteiger partial charge in [0.1, 0.15) is 35.2 Å². The number of methoxy groups -OCH3 is 2. The summed E-state index contributed by atoms with van der Waals surface area (Å²) in [6.07, 6.45) is 0.178. The predicted molar refractivity (Wildman–Crippen MR) is 168 cm³/mol. The van der Waals surface area contributed by atoms with Gasteiger partial charge < -0.3 is 19.5 Å². The van der Waals surface area contributed by atoms with Gasteiger partial charge in [0.25, 0.3) is 5.91 Å². The molecule has 2 amide bonds. The van der Waals surface area contributed by atoms with Crippen LogP contribution in [0.3, 0.4) is 0 Å². The van der Waals surface area contributed by atoms with Crippen LogP contribution in [0, 0.1) is 13.8 Å². The minimum Gasteiger partial charge on any atom is -0.497 e. The van der Waals surface area contributed by atoms with E-state index in [1.807, 2.05) is 56.3 Å². The molecule has 3 aromatic rings. The van der Waals surface area contributed by atoms with Crippen LogP contribution < -0.4 is 14.8 Å². The number of hydrogen-bond acceptors (Lipinski definition) is 8. The zero-order valence-electron chi connectivity index (χ0n) is 24.5. The lowest BCUT2D eigenvalue weighted by molar-refractivity contribution is -0.153. The molecule has 2 heterocycles. The molecule has 0 aliphatic carbocycles. The first-order valence-electron chi connectivity index (χ1n) is 13.9. The molecule has 2 atom stereocenters. The SMILES string of the molecule is COc1ccc(COC(=O)C2=C(CSc3cc(C)c(OC)c(C)c3)CS[C@@H]3[C@H](NC(=O)Cc4ccccc4)C(=O)N23)cc1. The van der Waals surface area contributed by atoms with Crippen molar-refractivity contribution in [1.82, 2.24) is 10.2 Å². The number of thioether (sulfide) groups is 2. The molecule has 43 heavy (non-hydrogen) atoms. The number of hydrogen-bond donors (Lipinski definition) is 1. The maximum Gasteiger partial charge on any atom is 0.355 e. The van der Waals surface area contributed by atoms with Crippen molar-refractivity contribution in [3.05, 3.63) is 100 Å². The number of amides is 2. The number of aryl methyl sites for hydroxylation is 2. The number of rotatable bonds is 11. The van der Waals surface area contributed by atoms with Crippen LogP contribution in [0.5, 0.6) is 11.5 Å². The van der Waals surface area contributed by atoms with Crippen molar-refractivity contribution in [2.75, 3.05) is 25.7 Å². The van der Waals surface area contributed by atoms with Gasteiger partial charge in [-0.05, 0) is 65.9 Å². The zero-order valence-corrected chi connectivity index (χ0v) is 26.2. The molecule has 1 fully saturated rings. The van der Waals surface area contributed by atoms with E-state index in [9.17, 15) is 14.4 Å². The van der Waals surface area contributed by atoms with E-state index in [1.165, 1.54) is 4.90 Å². The van der Waals surface area contributed by atoms with Gasteiger partial charge in [0, 0.05) is 16.4 Å². The fraction of sp³-hybridized carbons (Fsp3) is 0.303. The lowest BCUT2D eigenvalue weighted by Crippen LogP contribution is -2.70.